The fourth-order valence-electron chi connectivity index (χ4n) is 5.09. The summed E-state index contributed by atoms with van der Waals surface area (Å²) in [5.74, 6) is -0.407. The highest BCUT2D eigenvalue weighted by molar-refractivity contribution is 7.47. The number of quaternary nitrogens is 1. The average Bonchev–Trinajstić information content (AvgIpc) is 3.12. The van der Waals surface area contributed by atoms with Crippen molar-refractivity contribution in [1.29, 1.82) is 0 Å². The number of ether oxygens (including phenoxy) is 2. The Morgan fingerprint density at radius 2 is 1.24 bits per heavy atom. The summed E-state index contributed by atoms with van der Waals surface area (Å²) in [6.07, 6.45) is 44.1. The molecule has 0 amide bonds. The third-order valence-corrected chi connectivity index (χ3v) is 9.49. The summed E-state index contributed by atoms with van der Waals surface area (Å²) in [6.45, 7) is 4.50. The van der Waals surface area contributed by atoms with Crippen molar-refractivity contribution in [3.05, 3.63) is 73.1 Å². The highest BCUT2D eigenvalue weighted by Gasteiger charge is 2.26. The second kappa shape index (κ2) is 36.4. The van der Waals surface area contributed by atoms with Crippen molar-refractivity contribution < 1.29 is 42.4 Å². The van der Waals surface area contributed by atoms with Crippen LogP contribution in [0.1, 0.15) is 142 Å². The standard InChI is InChI=1S/C44H78NO8P/c1-6-8-9-10-11-12-13-14-19-22-25-28-31-34-38-50-40-43(41-52-54(48,49)51-39-37-45(3,4)5)53-44(47)36-33-30-27-24-21-18-16-15-17-20-23-26-29-32-35-42(46)7-2/h16-18,20,24,26-27,29,32,34-35,38,42-43,46H,6-15,19,21-23,25,28,30-31,33,36-37,39-41H2,1-5H3/p+1/b18-16-,20-17-,27-24-,29-26-,35-32+,38-34-. The minimum absolute atomic E-state index is 0.0130. The lowest BCUT2D eigenvalue weighted by atomic mass is 10.0. The predicted octanol–water partition coefficient (Wildman–Crippen LogP) is 11.3. The van der Waals surface area contributed by atoms with Gasteiger partial charge in [0.05, 0.1) is 40.1 Å². The Morgan fingerprint density at radius 1 is 0.685 bits per heavy atom. The number of hydrogen-bond donors (Lipinski definition) is 2. The number of carbonyl (C=O) groups excluding carboxylic acids is 1. The average molecular weight is 781 g/mol. The molecule has 0 bridgehead atoms. The van der Waals surface area contributed by atoms with Crippen molar-refractivity contribution in [3.8, 4) is 0 Å². The molecule has 0 heterocycles. The molecule has 0 aliphatic heterocycles. The van der Waals surface area contributed by atoms with Crippen LogP contribution >= 0.6 is 7.82 Å². The molecule has 0 saturated carbocycles. The summed E-state index contributed by atoms with van der Waals surface area (Å²) in [4.78, 5) is 22.8. The van der Waals surface area contributed by atoms with E-state index in [2.05, 4.69) is 49.5 Å². The van der Waals surface area contributed by atoms with Gasteiger partial charge >= 0.3 is 13.8 Å². The third-order valence-electron chi connectivity index (χ3n) is 8.50. The number of allylic oxidation sites excluding steroid dienone is 10. The van der Waals surface area contributed by atoms with Crippen molar-refractivity contribution in [3.63, 3.8) is 0 Å². The maximum Gasteiger partial charge on any atom is 0.472 e. The van der Waals surface area contributed by atoms with Crippen LogP contribution in [0, 0.1) is 0 Å². The number of carbonyl (C=O) groups is 1. The van der Waals surface area contributed by atoms with Crippen molar-refractivity contribution >= 4 is 13.8 Å². The predicted molar refractivity (Wildman–Crippen MR) is 225 cm³/mol. The molecule has 3 atom stereocenters. The van der Waals surface area contributed by atoms with E-state index in [4.69, 9.17) is 18.5 Å². The molecule has 0 saturated heterocycles. The normalized spacial score (nSPS) is 15.1. The van der Waals surface area contributed by atoms with Gasteiger partial charge < -0.3 is 24.0 Å². The van der Waals surface area contributed by atoms with Gasteiger partial charge in [0.2, 0.25) is 0 Å². The lowest BCUT2D eigenvalue weighted by Crippen LogP contribution is -2.37. The summed E-state index contributed by atoms with van der Waals surface area (Å²) in [5.41, 5.74) is 0. The molecule has 0 aliphatic rings. The lowest BCUT2D eigenvalue weighted by Gasteiger charge is -2.24. The molecule has 0 aromatic heterocycles. The number of phosphoric ester groups is 1. The van der Waals surface area contributed by atoms with Crippen LogP contribution in [0.4, 0.5) is 0 Å². The molecular weight excluding hydrogens is 701 g/mol. The molecule has 54 heavy (non-hydrogen) atoms. The number of aliphatic hydroxyl groups is 1. The zero-order chi connectivity index (χ0) is 40.0. The quantitative estimate of drug-likeness (QED) is 0.0122. The highest BCUT2D eigenvalue weighted by atomic mass is 31.2. The molecule has 0 fully saturated rings. The van der Waals surface area contributed by atoms with Crippen LogP contribution in [-0.4, -0.2) is 80.2 Å². The molecule has 0 aromatic rings. The molecule has 0 rings (SSSR count). The van der Waals surface area contributed by atoms with Crippen LogP contribution in [0.25, 0.3) is 0 Å². The Labute approximate surface area is 330 Å². The van der Waals surface area contributed by atoms with E-state index in [1.54, 1.807) is 12.3 Å². The second-order valence-electron chi connectivity index (χ2n) is 14.9. The van der Waals surface area contributed by atoms with Gasteiger partial charge in [-0.25, -0.2) is 4.57 Å². The van der Waals surface area contributed by atoms with Crippen molar-refractivity contribution in [1.82, 2.24) is 0 Å². The topological polar surface area (TPSA) is 112 Å². The summed E-state index contributed by atoms with van der Waals surface area (Å²) in [5, 5.41) is 9.48. The van der Waals surface area contributed by atoms with Gasteiger partial charge in [0.25, 0.3) is 0 Å². The van der Waals surface area contributed by atoms with Crippen LogP contribution in [0.5, 0.6) is 0 Å². The van der Waals surface area contributed by atoms with E-state index < -0.39 is 19.9 Å². The summed E-state index contributed by atoms with van der Waals surface area (Å²) in [6, 6.07) is 0. The number of likely N-dealkylation sites (N-methyl/N-ethyl adjacent to an activating group) is 1. The minimum atomic E-state index is -4.31. The van der Waals surface area contributed by atoms with Crippen LogP contribution in [-0.2, 0) is 27.9 Å². The molecule has 0 aromatic carbocycles. The first-order valence-corrected chi connectivity index (χ1v) is 22.3. The zero-order valence-electron chi connectivity index (χ0n) is 34.8. The van der Waals surface area contributed by atoms with E-state index in [0.717, 1.165) is 44.9 Å². The molecule has 0 radical (unpaired) electrons. The largest absolute Gasteiger partial charge is 0.498 e. The molecular formula is C44H79NO8P+. The lowest BCUT2D eigenvalue weighted by molar-refractivity contribution is -0.870. The SMILES string of the molecule is CCCCCCCCCCCCCC/C=C\OCC(COP(=O)(O)OCC[N+](C)(C)C)OC(=O)CCC/C=C\C/C=C\C/C=C\C/C=C\C=C\C(O)CC. The maximum atomic E-state index is 12.6. The Bertz CT molecular complexity index is 1110. The summed E-state index contributed by atoms with van der Waals surface area (Å²) in [7, 11) is 1.57. The third kappa shape index (κ3) is 39.4. The molecule has 0 aliphatic carbocycles. The minimum Gasteiger partial charge on any atom is -0.498 e. The number of rotatable bonds is 37. The summed E-state index contributed by atoms with van der Waals surface area (Å²) >= 11 is 0. The number of phosphoric acid groups is 1. The number of hydrogen-bond acceptors (Lipinski definition) is 7. The van der Waals surface area contributed by atoms with E-state index in [-0.39, 0.29) is 32.3 Å². The smallest absolute Gasteiger partial charge is 0.472 e. The van der Waals surface area contributed by atoms with Crippen molar-refractivity contribution in [2.24, 2.45) is 0 Å². The van der Waals surface area contributed by atoms with Gasteiger partial charge in [0, 0.05) is 6.42 Å². The van der Waals surface area contributed by atoms with Gasteiger partial charge in [-0.3, -0.25) is 13.8 Å². The number of unbranched alkanes of at least 4 members (excludes halogenated alkanes) is 13. The molecule has 3 unspecified atom stereocenters. The van der Waals surface area contributed by atoms with Crippen molar-refractivity contribution in [2.45, 2.75) is 154 Å². The fourth-order valence-corrected chi connectivity index (χ4v) is 5.83. The number of esters is 1. The van der Waals surface area contributed by atoms with Crippen molar-refractivity contribution in [2.75, 3.05) is 47.5 Å². The van der Waals surface area contributed by atoms with E-state index in [0.29, 0.717) is 17.4 Å². The first kappa shape index (κ1) is 51.7. The molecule has 10 heteroatoms. The number of aliphatic hydroxyl groups excluding tert-OH is 1. The van der Waals surface area contributed by atoms with Gasteiger partial charge in [-0.1, -0.05) is 145 Å². The molecule has 9 nitrogen and oxygen atoms in total. The zero-order valence-corrected chi connectivity index (χ0v) is 35.7. The monoisotopic (exact) mass is 781 g/mol. The van der Waals surface area contributed by atoms with E-state index in [9.17, 15) is 19.4 Å². The first-order valence-electron chi connectivity index (χ1n) is 20.8. The molecule has 2 N–H and O–H groups in total. The Morgan fingerprint density at radius 3 is 1.83 bits per heavy atom. The van der Waals surface area contributed by atoms with E-state index in [1.807, 2.05) is 46.3 Å². The van der Waals surface area contributed by atoms with E-state index in [1.165, 1.54) is 70.6 Å². The van der Waals surface area contributed by atoms with E-state index >= 15 is 0 Å². The van der Waals surface area contributed by atoms with Crippen LogP contribution in [0.3, 0.4) is 0 Å². The van der Waals surface area contributed by atoms with Gasteiger partial charge in [0.1, 0.15) is 19.8 Å². The Kier molecular flexibility index (Phi) is 34.9. The van der Waals surface area contributed by atoms with Crippen LogP contribution in [0.2, 0.25) is 0 Å². The van der Waals surface area contributed by atoms with Gasteiger partial charge in [-0.15, -0.1) is 0 Å². The highest BCUT2D eigenvalue weighted by Crippen LogP contribution is 2.43. The Hall–Kier alpha value is -2.26. The molecule has 312 valence electrons. The summed E-state index contributed by atoms with van der Waals surface area (Å²) < 4.78 is 34.6. The van der Waals surface area contributed by atoms with Crippen LogP contribution in [0.15, 0.2) is 73.1 Å². The number of nitrogens with zero attached hydrogens (tertiary/aromatic N) is 1. The Balaban J connectivity index is 4.46. The fraction of sp³-hybridized carbons (Fsp3) is 0.705. The van der Waals surface area contributed by atoms with Gasteiger partial charge in [-0.05, 0) is 57.4 Å². The van der Waals surface area contributed by atoms with Gasteiger partial charge in [0.15, 0.2) is 6.10 Å². The molecule has 0 spiro atoms. The maximum absolute atomic E-state index is 12.6. The van der Waals surface area contributed by atoms with Gasteiger partial charge in [-0.2, -0.15) is 0 Å². The second-order valence-corrected chi connectivity index (χ2v) is 16.4. The van der Waals surface area contributed by atoms with Crippen LogP contribution < -0.4 is 0 Å². The first-order chi connectivity index (χ1) is 26.0.